The van der Waals surface area contributed by atoms with E-state index in [0.29, 0.717) is 0 Å². The standard InChI is InChI=1S/C23H24N2O2/c1-3-18(15-21(24-2)19-9-5-4-6-10-19)16-25-14-13-20-11-7-8-12-22-23(20)27-17-26-22/h3-6,8-12,15,25H,2,13-14,16-17H2,1H3/b18-3+,21-15-. The van der Waals surface area contributed by atoms with Crippen molar-refractivity contribution < 1.29 is 9.47 Å². The molecule has 1 aromatic rings. The van der Waals surface area contributed by atoms with Crippen molar-refractivity contribution in [3.05, 3.63) is 94.7 Å². The lowest BCUT2D eigenvalue weighted by atomic mass is 10.1. The van der Waals surface area contributed by atoms with Crippen LogP contribution < -0.4 is 5.32 Å². The van der Waals surface area contributed by atoms with Gasteiger partial charge in [-0.3, -0.25) is 4.99 Å². The predicted octanol–water partition coefficient (Wildman–Crippen LogP) is 4.52. The number of nitrogens with zero attached hydrogens (tertiary/aromatic N) is 1. The first kappa shape index (κ1) is 18.7. The van der Waals surface area contributed by atoms with Gasteiger partial charge >= 0.3 is 0 Å². The minimum Gasteiger partial charge on any atom is -0.454 e. The van der Waals surface area contributed by atoms with Crippen LogP contribution in [0, 0.1) is 0 Å². The summed E-state index contributed by atoms with van der Waals surface area (Å²) in [6, 6.07) is 10.1. The van der Waals surface area contributed by atoms with Gasteiger partial charge in [0.15, 0.2) is 11.5 Å². The summed E-state index contributed by atoms with van der Waals surface area (Å²) in [6.07, 6.45) is 10.7. The van der Waals surface area contributed by atoms with Gasteiger partial charge in [0.2, 0.25) is 6.79 Å². The largest absolute Gasteiger partial charge is 0.454 e. The zero-order valence-electron chi connectivity index (χ0n) is 15.6. The number of benzene rings is 1. The molecule has 3 rings (SSSR count). The van der Waals surface area contributed by atoms with Crippen molar-refractivity contribution in [2.45, 2.75) is 13.3 Å². The number of hydrogen-bond donors (Lipinski definition) is 1. The molecule has 2 aliphatic rings. The number of allylic oxidation sites excluding steroid dienone is 3. The number of rotatable bonds is 8. The van der Waals surface area contributed by atoms with Crippen LogP contribution in [0.15, 0.2) is 94.1 Å². The maximum absolute atomic E-state index is 5.59. The Morgan fingerprint density at radius 2 is 2.15 bits per heavy atom. The van der Waals surface area contributed by atoms with Crippen LogP contribution in [0.1, 0.15) is 18.9 Å². The average Bonchev–Trinajstić information content (AvgIpc) is 3.10. The third-order valence-electron chi connectivity index (χ3n) is 4.35. The van der Waals surface area contributed by atoms with Gasteiger partial charge in [0, 0.05) is 17.7 Å². The van der Waals surface area contributed by atoms with Crippen molar-refractivity contribution in [3.8, 4) is 0 Å². The molecule has 0 unspecified atom stereocenters. The van der Waals surface area contributed by atoms with Gasteiger partial charge in [0.05, 0.1) is 5.70 Å². The van der Waals surface area contributed by atoms with Crippen LogP contribution >= 0.6 is 0 Å². The van der Waals surface area contributed by atoms with Gasteiger partial charge in [0.25, 0.3) is 0 Å². The molecule has 0 atom stereocenters. The number of hydrogen-bond acceptors (Lipinski definition) is 4. The molecule has 0 bridgehead atoms. The van der Waals surface area contributed by atoms with E-state index in [9.17, 15) is 0 Å². The highest BCUT2D eigenvalue weighted by Crippen LogP contribution is 2.27. The molecule has 1 N–H and O–H groups in total. The summed E-state index contributed by atoms with van der Waals surface area (Å²) < 4.78 is 11.1. The van der Waals surface area contributed by atoms with Crippen molar-refractivity contribution in [2.75, 3.05) is 19.9 Å². The molecule has 1 aliphatic carbocycles. The van der Waals surface area contributed by atoms with Crippen LogP contribution in [0.4, 0.5) is 0 Å². The average molecular weight is 360 g/mol. The molecule has 0 aromatic heterocycles. The van der Waals surface area contributed by atoms with Gasteiger partial charge in [-0.15, -0.1) is 5.73 Å². The van der Waals surface area contributed by atoms with E-state index in [4.69, 9.17) is 9.47 Å². The van der Waals surface area contributed by atoms with Crippen LogP contribution in [-0.4, -0.2) is 26.6 Å². The first-order chi connectivity index (χ1) is 13.3. The third kappa shape index (κ3) is 4.98. The summed E-state index contributed by atoms with van der Waals surface area (Å²) in [7, 11) is 0. The molecule has 1 fully saturated rings. The summed E-state index contributed by atoms with van der Waals surface area (Å²) in [5.41, 5.74) is 7.32. The molecule has 1 aromatic carbocycles. The zero-order chi connectivity index (χ0) is 18.9. The van der Waals surface area contributed by atoms with Crippen LogP contribution in [0.25, 0.3) is 5.70 Å². The van der Waals surface area contributed by atoms with E-state index in [2.05, 4.69) is 34.9 Å². The molecule has 1 heterocycles. The second-order valence-electron chi connectivity index (χ2n) is 6.11. The molecule has 0 saturated carbocycles. The van der Waals surface area contributed by atoms with E-state index in [-0.39, 0.29) is 6.79 Å². The Hall–Kier alpha value is -3.07. The topological polar surface area (TPSA) is 42.9 Å². The smallest absolute Gasteiger partial charge is 0.231 e. The summed E-state index contributed by atoms with van der Waals surface area (Å²) in [5, 5.41) is 3.48. The monoisotopic (exact) mass is 360 g/mol. The van der Waals surface area contributed by atoms with Gasteiger partial charge in [-0.05, 0) is 56.5 Å². The summed E-state index contributed by atoms with van der Waals surface area (Å²) >= 11 is 0. The SMILES string of the molecule is C=N/C(=C\C(=C/C)CNCCC1=C2OCOC2=CC=C=C1)c1ccccc1. The van der Waals surface area contributed by atoms with Crippen LogP contribution in [0.2, 0.25) is 0 Å². The molecule has 1 saturated heterocycles. The highest BCUT2D eigenvalue weighted by atomic mass is 16.7. The predicted molar refractivity (Wildman–Crippen MR) is 110 cm³/mol. The van der Waals surface area contributed by atoms with E-state index in [0.717, 1.165) is 53.4 Å². The first-order valence-electron chi connectivity index (χ1n) is 9.03. The third-order valence-corrected chi connectivity index (χ3v) is 4.35. The fraction of sp³-hybridized carbons (Fsp3) is 0.217. The van der Waals surface area contributed by atoms with Gasteiger partial charge < -0.3 is 14.8 Å². The van der Waals surface area contributed by atoms with Crippen molar-refractivity contribution in [1.29, 1.82) is 0 Å². The van der Waals surface area contributed by atoms with Gasteiger partial charge in [-0.2, -0.15) is 0 Å². The summed E-state index contributed by atoms with van der Waals surface area (Å²) in [4.78, 5) is 4.18. The molecule has 27 heavy (non-hydrogen) atoms. The molecule has 4 heteroatoms. The molecule has 1 aliphatic heterocycles. The minimum absolute atomic E-state index is 0.282. The van der Waals surface area contributed by atoms with Crippen molar-refractivity contribution in [3.63, 3.8) is 0 Å². The number of ether oxygens (including phenoxy) is 2. The fourth-order valence-electron chi connectivity index (χ4n) is 2.88. The maximum Gasteiger partial charge on any atom is 0.231 e. The number of fused-ring (bicyclic) bond motifs is 1. The molecule has 4 nitrogen and oxygen atoms in total. The first-order valence-corrected chi connectivity index (χ1v) is 9.03. The molecular formula is C23H24N2O2. The van der Waals surface area contributed by atoms with E-state index in [1.807, 2.05) is 55.5 Å². The van der Waals surface area contributed by atoms with Gasteiger partial charge in [-0.1, -0.05) is 36.4 Å². The van der Waals surface area contributed by atoms with Crippen LogP contribution in [-0.2, 0) is 9.47 Å². The second-order valence-corrected chi connectivity index (χ2v) is 6.11. The van der Waals surface area contributed by atoms with Gasteiger partial charge in [-0.25, -0.2) is 0 Å². The Labute approximate surface area is 160 Å². The van der Waals surface area contributed by atoms with Crippen LogP contribution in [0.3, 0.4) is 0 Å². The fourth-order valence-corrected chi connectivity index (χ4v) is 2.88. The molecule has 0 spiro atoms. The molecular weight excluding hydrogens is 336 g/mol. The van der Waals surface area contributed by atoms with E-state index < -0.39 is 0 Å². The zero-order valence-corrected chi connectivity index (χ0v) is 15.6. The summed E-state index contributed by atoms with van der Waals surface area (Å²) in [5.74, 6) is 1.61. The highest BCUT2D eigenvalue weighted by molar-refractivity contribution is 5.70. The van der Waals surface area contributed by atoms with E-state index >= 15 is 0 Å². The van der Waals surface area contributed by atoms with E-state index in [1.54, 1.807) is 0 Å². The lowest BCUT2D eigenvalue weighted by Gasteiger charge is -2.09. The quantitative estimate of drug-likeness (QED) is 0.321. The van der Waals surface area contributed by atoms with Crippen molar-refractivity contribution in [2.24, 2.45) is 4.99 Å². The van der Waals surface area contributed by atoms with Crippen molar-refractivity contribution in [1.82, 2.24) is 5.32 Å². The Balaban J connectivity index is 1.58. The minimum atomic E-state index is 0.282. The number of aliphatic imine (C=N–C) groups is 1. The lowest BCUT2D eigenvalue weighted by molar-refractivity contribution is 0.0970. The highest BCUT2D eigenvalue weighted by Gasteiger charge is 2.20. The lowest BCUT2D eigenvalue weighted by Crippen LogP contribution is -2.18. The Kier molecular flexibility index (Phi) is 6.64. The molecule has 0 amide bonds. The maximum atomic E-state index is 5.59. The Bertz CT molecular complexity index is 867. The molecule has 0 radical (unpaired) electrons. The number of nitrogens with one attached hydrogen (secondary N) is 1. The summed E-state index contributed by atoms with van der Waals surface area (Å²) in [6.45, 7) is 7.59. The Morgan fingerprint density at radius 1 is 1.30 bits per heavy atom. The Morgan fingerprint density at radius 3 is 2.93 bits per heavy atom. The molecule has 138 valence electrons. The van der Waals surface area contributed by atoms with Gasteiger partial charge in [0.1, 0.15) is 0 Å². The van der Waals surface area contributed by atoms with Crippen molar-refractivity contribution >= 4 is 12.4 Å². The van der Waals surface area contributed by atoms with E-state index in [1.165, 1.54) is 0 Å². The second kappa shape index (κ2) is 9.58. The van der Waals surface area contributed by atoms with Crippen LogP contribution in [0.5, 0.6) is 0 Å². The normalized spacial score (nSPS) is 16.4.